The van der Waals surface area contributed by atoms with Gasteiger partial charge >= 0.3 is 0 Å². The highest BCUT2D eigenvalue weighted by Crippen LogP contribution is 2.46. The van der Waals surface area contributed by atoms with Gasteiger partial charge in [-0.15, -0.1) is 0 Å². The largest absolute Gasteiger partial charge is 0.363 e. The Hall–Kier alpha value is -1.85. The van der Waals surface area contributed by atoms with E-state index in [1.807, 2.05) is 13.0 Å². The van der Waals surface area contributed by atoms with Crippen LogP contribution in [0, 0.1) is 18.8 Å². The zero-order valence-electron chi connectivity index (χ0n) is 14.3. The molecule has 0 amide bonds. The minimum absolute atomic E-state index is 0.472. The monoisotopic (exact) mass is 388 g/mol. The lowest BCUT2D eigenvalue weighted by Crippen LogP contribution is -2.25. The van der Waals surface area contributed by atoms with Crippen molar-refractivity contribution >= 4 is 40.1 Å². The Kier molecular flexibility index (Phi) is 3.83. The molecule has 0 radical (unpaired) electrons. The molecule has 2 aliphatic rings. The number of fused-ring (bicyclic) bond motifs is 1. The molecule has 0 saturated heterocycles. The van der Waals surface area contributed by atoms with Crippen molar-refractivity contribution in [2.75, 3.05) is 5.32 Å². The molecule has 7 heteroatoms. The second-order valence-corrected chi connectivity index (χ2v) is 8.14. The zero-order chi connectivity index (χ0) is 17.8. The van der Waals surface area contributed by atoms with Gasteiger partial charge in [-0.3, -0.25) is 0 Å². The van der Waals surface area contributed by atoms with Gasteiger partial charge in [-0.2, -0.15) is 0 Å². The number of nitrogens with one attached hydrogen (secondary N) is 1. The summed E-state index contributed by atoms with van der Waals surface area (Å²) in [6, 6.07) is 5.79. The van der Waals surface area contributed by atoms with Crippen LogP contribution in [0.2, 0.25) is 10.0 Å². The second-order valence-electron chi connectivity index (χ2n) is 7.30. The van der Waals surface area contributed by atoms with Crippen LogP contribution in [-0.4, -0.2) is 21.2 Å². The molecule has 1 N–H and O–H groups in total. The Balaban J connectivity index is 1.59. The minimum Gasteiger partial charge on any atom is -0.363 e. The molecule has 0 atom stereocenters. The van der Waals surface area contributed by atoms with Gasteiger partial charge in [-0.1, -0.05) is 28.4 Å². The second kappa shape index (κ2) is 6.10. The number of rotatable bonds is 5. The zero-order valence-corrected chi connectivity index (χ0v) is 15.8. The van der Waals surface area contributed by atoms with E-state index in [9.17, 15) is 0 Å². The first kappa shape index (κ1) is 16.3. The van der Waals surface area contributed by atoms with Crippen molar-refractivity contribution in [1.29, 1.82) is 0 Å². The predicted octanol–water partition coefficient (Wildman–Crippen LogP) is 5.50. The Morgan fingerprint density at radius 3 is 2.50 bits per heavy atom. The average Bonchev–Trinajstić information content (AvgIpc) is 3.51. The van der Waals surface area contributed by atoms with E-state index < -0.39 is 0 Å². The fourth-order valence-corrected chi connectivity index (χ4v) is 4.09. The van der Waals surface area contributed by atoms with Crippen LogP contribution in [0.1, 0.15) is 31.5 Å². The molecule has 134 valence electrons. The summed E-state index contributed by atoms with van der Waals surface area (Å²) in [5, 5.41) is 8.98. The highest BCUT2D eigenvalue weighted by atomic mass is 35.5. The summed E-state index contributed by atoms with van der Waals surface area (Å²) in [4.78, 5) is 9.16. The number of aryl methyl sites for hydroxylation is 1. The van der Waals surface area contributed by atoms with Crippen LogP contribution in [0.25, 0.3) is 22.4 Å². The molecule has 2 saturated carbocycles. The number of halogens is 2. The molecule has 5 rings (SSSR count). The molecule has 3 aromatic rings. The molecule has 1 aromatic carbocycles. The Morgan fingerprint density at radius 2 is 1.85 bits per heavy atom. The van der Waals surface area contributed by atoms with Crippen LogP contribution in [-0.2, 0) is 0 Å². The molecule has 0 bridgehead atoms. The van der Waals surface area contributed by atoms with E-state index in [1.165, 1.54) is 25.7 Å². The van der Waals surface area contributed by atoms with E-state index in [-0.39, 0.29) is 0 Å². The van der Waals surface area contributed by atoms with Gasteiger partial charge in [0.1, 0.15) is 17.0 Å². The quantitative estimate of drug-likeness (QED) is 0.624. The number of aromatic nitrogens is 3. The normalized spacial score (nSPS) is 17.2. The standard InChI is InChI=1S/C19H18Cl2N4O/c1-9-22-17-16(13-7-6-12(20)8-14(13)21)25-26-18(17)19(23-9)24-15(10-2-3-10)11-4-5-11/h6-8,10-11,15H,2-5H2,1H3,(H,22,23,24). The highest BCUT2D eigenvalue weighted by molar-refractivity contribution is 6.36. The van der Waals surface area contributed by atoms with Gasteiger partial charge in [0.2, 0.25) is 5.58 Å². The maximum atomic E-state index is 6.36. The topological polar surface area (TPSA) is 63.8 Å². The number of anilines is 1. The lowest BCUT2D eigenvalue weighted by molar-refractivity contribution is 0.458. The summed E-state index contributed by atoms with van der Waals surface area (Å²) < 4.78 is 5.65. The van der Waals surface area contributed by atoms with E-state index in [4.69, 9.17) is 27.7 Å². The fourth-order valence-electron chi connectivity index (χ4n) is 3.59. The van der Waals surface area contributed by atoms with Gasteiger partial charge in [0, 0.05) is 16.6 Å². The Morgan fingerprint density at radius 1 is 1.12 bits per heavy atom. The van der Waals surface area contributed by atoms with Gasteiger partial charge < -0.3 is 9.84 Å². The number of hydrogen-bond acceptors (Lipinski definition) is 5. The average molecular weight is 389 g/mol. The number of nitrogens with zero attached hydrogens (tertiary/aromatic N) is 3. The molecule has 2 fully saturated rings. The van der Waals surface area contributed by atoms with E-state index in [0.717, 1.165) is 23.2 Å². The van der Waals surface area contributed by atoms with E-state index in [2.05, 4.69) is 20.4 Å². The van der Waals surface area contributed by atoms with Gasteiger partial charge in [-0.05, 0) is 62.6 Å². The molecule has 2 aliphatic carbocycles. The molecule has 0 unspecified atom stereocenters. The van der Waals surface area contributed by atoms with Crippen molar-refractivity contribution in [2.24, 2.45) is 11.8 Å². The van der Waals surface area contributed by atoms with Crippen molar-refractivity contribution in [3.05, 3.63) is 34.1 Å². The summed E-state index contributed by atoms with van der Waals surface area (Å²) >= 11 is 12.4. The van der Waals surface area contributed by atoms with Crippen molar-refractivity contribution in [1.82, 2.24) is 15.1 Å². The highest BCUT2D eigenvalue weighted by Gasteiger charge is 2.42. The lowest BCUT2D eigenvalue weighted by Gasteiger charge is -2.18. The van der Waals surface area contributed by atoms with Crippen LogP contribution in [0.3, 0.4) is 0 Å². The Labute approximate surface area is 161 Å². The minimum atomic E-state index is 0.472. The first-order chi connectivity index (χ1) is 12.6. The molecule has 26 heavy (non-hydrogen) atoms. The van der Waals surface area contributed by atoms with Gasteiger partial charge in [0.25, 0.3) is 0 Å². The first-order valence-corrected chi connectivity index (χ1v) is 9.71. The first-order valence-electron chi connectivity index (χ1n) is 8.96. The van der Waals surface area contributed by atoms with Crippen molar-refractivity contribution in [3.8, 4) is 11.3 Å². The molecular formula is C19H18Cl2N4O. The van der Waals surface area contributed by atoms with Crippen LogP contribution in [0.15, 0.2) is 22.7 Å². The number of benzene rings is 1. The van der Waals surface area contributed by atoms with E-state index in [0.29, 0.717) is 38.7 Å². The Bertz CT molecular complexity index is 983. The van der Waals surface area contributed by atoms with Gasteiger partial charge in [0.05, 0.1) is 5.02 Å². The summed E-state index contributed by atoms with van der Waals surface area (Å²) in [5.74, 6) is 2.92. The van der Waals surface area contributed by atoms with Crippen LogP contribution >= 0.6 is 23.2 Å². The maximum Gasteiger partial charge on any atom is 0.228 e. The van der Waals surface area contributed by atoms with Crippen LogP contribution < -0.4 is 5.32 Å². The smallest absolute Gasteiger partial charge is 0.228 e. The molecule has 5 nitrogen and oxygen atoms in total. The molecule has 0 aliphatic heterocycles. The third-order valence-corrected chi connectivity index (χ3v) is 5.73. The molecule has 0 spiro atoms. The summed E-state index contributed by atoms with van der Waals surface area (Å²) in [7, 11) is 0. The number of hydrogen-bond donors (Lipinski definition) is 1. The molecular weight excluding hydrogens is 371 g/mol. The summed E-state index contributed by atoms with van der Waals surface area (Å²) in [6.07, 6.45) is 5.18. The van der Waals surface area contributed by atoms with E-state index in [1.54, 1.807) is 12.1 Å². The van der Waals surface area contributed by atoms with Crippen molar-refractivity contribution in [2.45, 2.75) is 38.6 Å². The third-order valence-electron chi connectivity index (χ3n) is 5.18. The molecule has 2 aromatic heterocycles. The summed E-state index contributed by atoms with van der Waals surface area (Å²) in [5.41, 5.74) is 2.63. The lowest BCUT2D eigenvalue weighted by atomic mass is 10.1. The van der Waals surface area contributed by atoms with Crippen LogP contribution in [0.5, 0.6) is 0 Å². The van der Waals surface area contributed by atoms with E-state index >= 15 is 0 Å². The third kappa shape index (κ3) is 2.93. The predicted molar refractivity (Wildman–Crippen MR) is 103 cm³/mol. The summed E-state index contributed by atoms with van der Waals surface area (Å²) in [6.45, 7) is 1.88. The maximum absolute atomic E-state index is 6.36. The molecule has 2 heterocycles. The van der Waals surface area contributed by atoms with Gasteiger partial charge in [-0.25, -0.2) is 9.97 Å². The van der Waals surface area contributed by atoms with Crippen molar-refractivity contribution < 1.29 is 4.52 Å². The SMILES string of the molecule is Cc1nc(NC(C2CC2)C2CC2)c2onc(-c3ccc(Cl)cc3Cl)c2n1. The van der Waals surface area contributed by atoms with Gasteiger partial charge in [0.15, 0.2) is 5.82 Å². The van der Waals surface area contributed by atoms with Crippen molar-refractivity contribution in [3.63, 3.8) is 0 Å². The fraction of sp³-hybridized carbons (Fsp3) is 0.421. The van der Waals surface area contributed by atoms with Crippen LogP contribution in [0.4, 0.5) is 5.82 Å².